The van der Waals surface area contributed by atoms with E-state index in [4.69, 9.17) is 9.52 Å². The van der Waals surface area contributed by atoms with Crippen LogP contribution < -0.4 is 10.0 Å². The third kappa shape index (κ3) is 5.39. The van der Waals surface area contributed by atoms with Gasteiger partial charge < -0.3 is 14.8 Å². The lowest BCUT2D eigenvalue weighted by Gasteiger charge is -2.19. The summed E-state index contributed by atoms with van der Waals surface area (Å²) in [5.74, 6) is -0.404. The fourth-order valence-electron chi connectivity index (χ4n) is 3.88. The molecule has 158 valence electrons. The molecule has 3 N–H and O–H groups in total. The lowest BCUT2D eigenvalue weighted by Crippen LogP contribution is -2.28. The van der Waals surface area contributed by atoms with Gasteiger partial charge in [-0.3, -0.25) is 4.72 Å². The van der Waals surface area contributed by atoms with Crippen molar-refractivity contribution < 1.29 is 22.7 Å². The largest absolute Gasteiger partial charge is 0.478 e. The summed E-state index contributed by atoms with van der Waals surface area (Å²) in [7, 11) is -4.04. The molecule has 1 aromatic heterocycles. The summed E-state index contributed by atoms with van der Waals surface area (Å²) in [4.78, 5) is 11.2. The van der Waals surface area contributed by atoms with Crippen LogP contribution in [0.3, 0.4) is 0 Å². The first-order valence-electron chi connectivity index (χ1n) is 9.94. The molecule has 0 radical (unpaired) electrons. The van der Waals surface area contributed by atoms with Crippen LogP contribution in [0.1, 0.15) is 60.7 Å². The molecule has 8 heteroatoms. The molecule has 1 fully saturated rings. The Balaban J connectivity index is 1.69. The monoisotopic (exact) mass is 420 g/mol. The van der Waals surface area contributed by atoms with E-state index < -0.39 is 21.1 Å². The molecule has 0 unspecified atom stereocenters. The zero-order valence-corrected chi connectivity index (χ0v) is 17.6. The number of hydrogen-bond donors (Lipinski definition) is 3. The van der Waals surface area contributed by atoms with E-state index in [1.807, 2.05) is 12.1 Å². The number of carbonyl (C=O) groups is 1. The van der Waals surface area contributed by atoms with E-state index in [9.17, 15) is 13.2 Å². The molecule has 3 rings (SSSR count). The number of carboxylic acid groups (broad SMARTS) is 1. The van der Waals surface area contributed by atoms with Crippen LogP contribution in [0, 0.1) is 12.8 Å². The second kappa shape index (κ2) is 9.00. The maximum atomic E-state index is 12.7. The highest BCUT2D eigenvalue weighted by molar-refractivity contribution is 7.92. The Morgan fingerprint density at radius 2 is 1.97 bits per heavy atom. The molecule has 1 heterocycles. The summed E-state index contributed by atoms with van der Waals surface area (Å²) in [6.07, 6.45) is 6.35. The topological polar surface area (TPSA) is 109 Å². The van der Waals surface area contributed by atoms with E-state index in [0.29, 0.717) is 18.3 Å². The van der Waals surface area contributed by atoms with E-state index in [-0.39, 0.29) is 11.3 Å². The van der Waals surface area contributed by atoms with Crippen LogP contribution in [0.15, 0.2) is 39.8 Å². The van der Waals surface area contributed by atoms with Crippen LogP contribution in [0.4, 0.5) is 5.69 Å². The van der Waals surface area contributed by atoms with Crippen LogP contribution in [-0.2, 0) is 16.6 Å². The van der Waals surface area contributed by atoms with Crippen molar-refractivity contribution in [3.05, 3.63) is 47.2 Å². The third-order valence-corrected chi connectivity index (χ3v) is 6.67. The van der Waals surface area contributed by atoms with Gasteiger partial charge in [-0.2, -0.15) is 8.42 Å². The molecule has 0 saturated heterocycles. The summed E-state index contributed by atoms with van der Waals surface area (Å²) < 4.78 is 33.1. The molecule has 1 aliphatic rings. The van der Waals surface area contributed by atoms with Crippen LogP contribution in [0.25, 0.3) is 0 Å². The fraction of sp³-hybridized carbons (Fsp3) is 0.476. The lowest BCUT2D eigenvalue weighted by molar-refractivity contribution is 0.0695. The summed E-state index contributed by atoms with van der Waals surface area (Å²) in [6, 6.07) is 8.53. The Labute approximate surface area is 171 Å². The molecule has 1 aliphatic carbocycles. The minimum absolute atomic E-state index is 0.0496. The van der Waals surface area contributed by atoms with Crippen LogP contribution in [0.2, 0.25) is 0 Å². The number of furan rings is 1. The number of carboxylic acids is 1. The zero-order valence-electron chi connectivity index (χ0n) is 16.8. The van der Waals surface area contributed by atoms with Crippen molar-refractivity contribution in [2.24, 2.45) is 5.92 Å². The fourth-order valence-corrected chi connectivity index (χ4v) is 4.98. The predicted molar refractivity (Wildman–Crippen MR) is 111 cm³/mol. The summed E-state index contributed by atoms with van der Waals surface area (Å²) in [5, 5.41) is 12.2. The van der Waals surface area contributed by atoms with E-state index in [0.717, 1.165) is 24.0 Å². The molecular formula is C21H28N2O5S. The summed E-state index contributed by atoms with van der Waals surface area (Å²) in [5.41, 5.74) is 1.09. The second-order valence-electron chi connectivity index (χ2n) is 7.77. The number of benzene rings is 1. The van der Waals surface area contributed by atoms with Crippen LogP contribution in [-0.4, -0.2) is 25.5 Å². The Kier molecular flexibility index (Phi) is 6.64. The standard InChI is InChI=1S/C21H28N2O5S/c1-14(11-16-7-3-4-8-16)22-13-17-9-5-6-10-19(17)23-29(26,27)20-12-18(21(24)25)15(2)28-20/h5-6,9-10,12,14,16,22-23H,3-4,7-8,11,13H2,1-2H3,(H,24,25)/t14-/m0/s1. The first-order valence-corrected chi connectivity index (χ1v) is 11.4. The third-order valence-electron chi connectivity index (χ3n) is 5.45. The van der Waals surface area contributed by atoms with Gasteiger partial charge >= 0.3 is 5.97 Å². The maximum absolute atomic E-state index is 12.7. The number of aryl methyl sites for hydroxylation is 1. The van der Waals surface area contributed by atoms with Gasteiger partial charge in [0.1, 0.15) is 11.3 Å². The first kappa shape index (κ1) is 21.4. The Hall–Kier alpha value is -2.32. The highest BCUT2D eigenvalue weighted by Gasteiger charge is 2.24. The van der Waals surface area contributed by atoms with Crippen molar-refractivity contribution in [2.75, 3.05) is 4.72 Å². The number of sulfonamides is 1. The Bertz CT molecular complexity index is 961. The minimum Gasteiger partial charge on any atom is -0.478 e. The van der Waals surface area contributed by atoms with Crippen molar-refractivity contribution in [2.45, 2.75) is 63.6 Å². The molecule has 29 heavy (non-hydrogen) atoms. The number of rotatable bonds is 9. The van der Waals surface area contributed by atoms with Gasteiger partial charge in [0.15, 0.2) is 0 Å². The van der Waals surface area contributed by atoms with E-state index in [1.54, 1.807) is 12.1 Å². The molecular weight excluding hydrogens is 392 g/mol. The Morgan fingerprint density at radius 1 is 1.28 bits per heavy atom. The van der Waals surface area contributed by atoms with Gasteiger partial charge in [-0.1, -0.05) is 43.9 Å². The van der Waals surface area contributed by atoms with Crippen molar-refractivity contribution in [1.29, 1.82) is 0 Å². The van der Waals surface area contributed by atoms with E-state index in [1.165, 1.54) is 32.6 Å². The van der Waals surface area contributed by atoms with Crippen molar-refractivity contribution in [3.63, 3.8) is 0 Å². The molecule has 0 spiro atoms. The van der Waals surface area contributed by atoms with Gasteiger partial charge in [0.2, 0.25) is 5.09 Å². The van der Waals surface area contributed by atoms with Gasteiger partial charge in [0.05, 0.1) is 5.69 Å². The zero-order chi connectivity index (χ0) is 21.0. The van der Waals surface area contributed by atoms with Crippen LogP contribution in [0.5, 0.6) is 0 Å². The average molecular weight is 421 g/mol. The van der Waals surface area contributed by atoms with Gasteiger partial charge in [0.25, 0.3) is 10.0 Å². The number of nitrogens with one attached hydrogen (secondary N) is 2. The molecule has 2 aromatic rings. The van der Waals surface area contributed by atoms with E-state index >= 15 is 0 Å². The SMILES string of the molecule is Cc1oc(S(=O)(=O)Nc2ccccc2CN[C@@H](C)CC2CCCC2)cc1C(=O)O. The number of hydrogen-bond acceptors (Lipinski definition) is 5. The number of aromatic carboxylic acids is 1. The predicted octanol–water partition coefficient (Wildman–Crippen LogP) is 4.15. The van der Waals surface area contributed by atoms with Gasteiger partial charge in [-0.25, -0.2) is 4.79 Å². The molecule has 0 bridgehead atoms. The minimum atomic E-state index is -4.04. The molecule has 7 nitrogen and oxygen atoms in total. The normalized spacial score (nSPS) is 16.1. The molecule has 1 aromatic carbocycles. The van der Waals surface area contributed by atoms with Gasteiger partial charge in [0, 0.05) is 18.7 Å². The first-order chi connectivity index (χ1) is 13.8. The highest BCUT2D eigenvalue weighted by Crippen LogP contribution is 2.29. The van der Waals surface area contributed by atoms with Crippen molar-refractivity contribution in [3.8, 4) is 0 Å². The van der Waals surface area contributed by atoms with Crippen LogP contribution >= 0.6 is 0 Å². The summed E-state index contributed by atoms with van der Waals surface area (Å²) in [6.45, 7) is 4.11. The molecule has 1 atom stereocenters. The van der Waals surface area contributed by atoms with Crippen molar-refractivity contribution in [1.82, 2.24) is 5.32 Å². The van der Waals surface area contributed by atoms with Gasteiger partial charge in [-0.15, -0.1) is 0 Å². The highest BCUT2D eigenvalue weighted by atomic mass is 32.2. The average Bonchev–Trinajstić information content (AvgIpc) is 3.30. The summed E-state index contributed by atoms with van der Waals surface area (Å²) >= 11 is 0. The smallest absolute Gasteiger partial charge is 0.339 e. The van der Waals surface area contributed by atoms with Gasteiger partial charge in [-0.05, 0) is 37.8 Å². The second-order valence-corrected chi connectivity index (χ2v) is 9.38. The molecule has 0 amide bonds. The molecule has 0 aliphatic heterocycles. The maximum Gasteiger partial charge on any atom is 0.339 e. The number of anilines is 1. The quantitative estimate of drug-likeness (QED) is 0.562. The Morgan fingerprint density at radius 3 is 2.62 bits per heavy atom. The van der Waals surface area contributed by atoms with Crippen molar-refractivity contribution >= 4 is 21.7 Å². The lowest BCUT2D eigenvalue weighted by atomic mass is 9.99. The number of para-hydroxylation sites is 1. The van der Waals surface area contributed by atoms with E-state index in [2.05, 4.69) is 17.0 Å². The molecule has 1 saturated carbocycles.